The molecule has 0 radical (unpaired) electrons. The number of hydrogen-bond donors (Lipinski definition) is 1. The van der Waals surface area contributed by atoms with E-state index in [4.69, 9.17) is 9.47 Å². The molecule has 0 aromatic heterocycles. The summed E-state index contributed by atoms with van der Waals surface area (Å²) in [7, 11) is 0. The summed E-state index contributed by atoms with van der Waals surface area (Å²) in [5, 5.41) is 3.53. The van der Waals surface area contributed by atoms with Crippen molar-refractivity contribution in [3.8, 4) is 0 Å². The molecular formula is C12H23NO2. The highest BCUT2D eigenvalue weighted by Gasteiger charge is 2.31. The maximum absolute atomic E-state index is 5.96. The van der Waals surface area contributed by atoms with Crippen LogP contribution in [0.4, 0.5) is 0 Å². The van der Waals surface area contributed by atoms with E-state index >= 15 is 0 Å². The Bertz CT molecular complexity index is 176. The van der Waals surface area contributed by atoms with Gasteiger partial charge in [0, 0.05) is 19.3 Å². The van der Waals surface area contributed by atoms with Crippen LogP contribution < -0.4 is 5.32 Å². The van der Waals surface area contributed by atoms with Crippen molar-refractivity contribution in [3.05, 3.63) is 0 Å². The van der Waals surface area contributed by atoms with Crippen LogP contribution in [0.25, 0.3) is 0 Å². The molecule has 2 rings (SSSR count). The highest BCUT2D eigenvalue weighted by molar-refractivity contribution is 4.86. The lowest BCUT2D eigenvalue weighted by molar-refractivity contribution is -0.0394. The summed E-state index contributed by atoms with van der Waals surface area (Å²) in [4.78, 5) is 0. The van der Waals surface area contributed by atoms with Gasteiger partial charge in [-0.1, -0.05) is 6.92 Å². The summed E-state index contributed by atoms with van der Waals surface area (Å²) in [5.41, 5.74) is 0. The second-order valence-corrected chi connectivity index (χ2v) is 4.65. The summed E-state index contributed by atoms with van der Waals surface area (Å²) in [5.74, 6) is 0.879. The van der Waals surface area contributed by atoms with Gasteiger partial charge in [-0.3, -0.25) is 0 Å². The first-order chi connectivity index (χ1) is 7.40. The van der Waals surface area contributed by atoms with Crippen molar-refractivity contribution in [2.45, 2.75) is 44.8 Å². The molecule has 3 heteroatoms. The van der Waals surface area contributed by atoms with Crippen LogP contribution in [0.2, 0.25) is 0 Å². The lowest BCUT2D eigenvalue weighted by atomic mass is 10.1. The first-order valence-electron chi connectivity index (χ1n) is 6.33. The van der Waals surface area contributed by atoms with E-state index in [9.17, 15) is 0 Å². The fourth-order valence-electron chi connectivity index (χ4n) is 2.20. The summed E-state index contributed by atoms with van der Waals surface area (Å²) in [6, 6.07) is 0.595. The molecule has 0 amide bonds. The molecule has 0 bridgehead atoms. The van der Waals surface area contributed by atoms with Gasteiger partial charge in [-0.15, -0.1) is 0 Å². The molecule has 1 heterocycles. The number of nitrogens with one attached hydrogen (secondary N) is 1. The Morgan fingerprint density at radius 3 is 2.60 bits per heavy atom. The summed E-state index contributed by atoms with van der Waals surface area (Å²) >= 11 is 0. The topological polar surface area (TPSA) is 30.5 Å². The third-order valence-corrected chi connectivity index (χ3v) is 3.34. The van der Waals surface area contributed by atoms with E-state index in [0.29, 0.717) is 12.1 Å². The van der Waals surface area contributed by atoms with Crippen molar-refractivity contribution in [3.63, 3.8) is 0 Å². The predicted molar refractivity (Wildman–Crippen MR) is 60.0 cm³/mol. The van der Waals surface area contributed by atoms with Crippen molar-refractivity contribution in [2.75, 3.05) is 26.4 Å². The fourth-order valence-corrected chi connectivity index (χ4v) is 2.20. The minimum absolute atomic E-state index is 0.443. The molecule has 88 valence electrons. The smallest absolute Gasteiger partial charge is 0.0626 e. The molecule has 0 aromatic rings. The molecule has 2 aliphatic rings. The zero-order valence-electron chi connectivity index (χ0n) is 9.71. The molecule has 1 saturated carbocycles. The van der Waals surface area contributed by atoms with Crippen molar-refractivity contribution in [1.82, 2.24) is 5.32 Å². The van der Waals surface area contributed by atoms with Gasteiger partial charge in [-0.05, 0) is 38.1 Å². The Morgan fingerprint density at radius 1 is 1.27 bits per heavy atom. The van der Waals surface area contributed by atoms with Gasteiger partial charge in [0.15, 0.2) is 0 Å². The Hall–Kier alpha value is -0.120. The number of ether oxygens (including phenoxy) is 2. The molecule has 3 nitrogen and oxygen atoms in total. The highest BCUT2D eigenvalue weighted by Crippen LogP contribution is 2.33. The molecule has 1 aliphatic carbocycles. The molecule has 15 heavy (non-hydrogen) atoms. The Labute approximate surface area is 92.5 Å². The minimum atomic E-state index is 0.443. The molecule has 1 N–H and O–H groups in total. The predicted octanol–water partition coefficient (Wildman–Crippen LogP) is 1.57. The van der Waals surface area contributed by atoms with Crippen LogP contribution in [0.3, 0.4) is 0 Å². The van der Waals surface area contributed by atoms with Gasteiger partial charge < -0.3 is 14.8 Å². The second-order valence-electron chi connectivity index (χ2n) is 4.65. The van der Waals surface area contributed by atoms with E-state index < -0.39 is 0 Å². The van der Waals surface area contributed by atoms with Crippen LogP contribution in [0.1, 0.15) is 32.6 Å². The van der Waals surface area contributed by atoms with Crippen LogP contribution >= 0.6 is 0 Å². The van der Waals surface area contributed by atoms with E-state index in [-0.39, 0.29) is 0 Å². The van der Waals surface area contributed by atoms with Gasteiger partial charge in [0.2, 0.25) is 0 Å². The van der Waals surface area contributed by atoms with Crippen LogP contribution in [-0.2, 0) is 9.47 Å². The third-order valence-electron chi connectivity index (χ3n) is 3.34. The maximum Gasteiger partial charge on any atom is 0.0626 e. The van der Waals surface area contributed by atoms with Crippen molar-refractivity contribution in [1.29, 1.82) is 0 Å². The van der Waals surface area contributed by atoms with E-state index in [1.807, 2.05) is 0 Å². The second kappa shape index (κ2) is 5.83. The Morgan fingerprint density at radius 2 is 2.00 bits per heavy atom. The highest BCUT2D eigenvalue weighted by atomic mass is 16.5. The lowest BCUT2D eigenvalue weighted by Gasteiger charge is -2.25. The summed E-state index contributed by atoms with van der Waals surface area (Å²) < 4.78 is 11.3. The largest absolute Gasteiger partial charge is 0.381 e. The van der Waals surface area contributed by atoms with Gasteiger partial charge >= 0.3 is 0 Å². The molecular weight excluding hydrogens is 190 g/mol. The average Bonchev–Trinajstić information content (AvgIpc) is 3.09. The number of hydrogen-bond acceptors (Lipinski definition) is 3. The Balaban J connectivity index is 1.65. The molecule has 1 unspecified atom stereocenters. The van der Waals surface area contributed by atoms with Crippen molar-refractivity contribution < 1.29 is 9.47 Å². The van der Waals surface area contributed by atoms with E-state index in [1.54, 1.807) is 0 Å². The van der Waals surface area contributed by atoms with Gasteiger partial charge in [-0.25, -0.2) is 0 Å². The van der Waals surface area contributed by atoms with Crippen molar-refractivity contribution >= 4 is 0 Å². The summed E-state index contributed by atoms with van der Waals surface area (Å²) in [6.07, 6.45) is 5.36. The van der Waals surface area contributed by atoms with Crippen LogP contribution in [0.5, 0.6) is 0 Å². The first-order valence-corrected chi connectivity index (χ1v) is 6.33. The number of rotatable bonds is 6. The zero-order valence-corrected chi connectivity index (χ0v) is 9.71. The average molecular weight is 213 g/mol. The zero-order chi connectivity index (χ0) is 10.5. The normalized spacial score (nSPS) is 25.4. The monoisotopic (exact) mass is 213 g/mol. The SMILES string of the molecule is CCNC(COC1CCOCC1)C1CC1. The fraction of sp³-hybridized carbons (Fsp3) is 1.00. The van der Waals surface area contributed by atoms with E-state index in [1.165, 1.54) is 12.8 Å². The molecule has 1 atom stereocenters. The number of likely N-dealkylation sites (N-methyl/N-ethyl adjacent to an activating group) is 1. The van der Waals surface area contributed by atoms with Crippen LogP contribution in [0, 0.1) is 5.92 Å². The molecule has 0 aromatic carbocycles. The van der Waals surface area contributed by atoms with Crippen LogP contribution in [-0.4, -0.2) is 38.5 Å². The molecule has 2 fully saturated rings. The van der Waals surface area contributed by atoms with Gasteiger partial charge in [-0.2, -0.15) is 0 Å². The molecule has 0 spiro atoms. The van der Waals surface area contributed by atoms with Gasteiger partial charge in [0.05, 0.1) is 12.7 Å². The first kappa shape index (κ1) is 11.4. The Kier molecular flexibility index (Phi) is 4.42. The lowest BCUT2D eigenvalue weighted by Crippen LogP contribution is -2.37. The molecule has 1 aliphatic heterocycles. The van der Waals surface area contributed by atoms with E-state index in [2.05, 4.69) is 12.2 Å². The minimum Gasteiger partial charge on any atom is -0.381 e. The van der Waals surface area contributed by atoms with Crippen LogP contribution in [0.15, 0.2) is 0 Å². The third kappa shape index (κ3) is 3.74. The van der Waals surface area contributed by atoms with Crippen molar-refractivity contribution in [2.24, 2.45) is 5.92 Å². The quantitative estimate of drug-likeness (QED) is 0.726. The van der Waals surface area contributed by atoms with E-state index in [0.717, 1.165) is 45.1 Å². The molecule has 1 saturated heterocycles. The standard InChI is InChI=1S/C12H23NO2/c1-2-13-12(10-3-4-10)9-15-11-5-7-14-8-6-11/h10-13H,2-9H2,1H3. The van der Waals surface area contributed by atoms with Gasteiger partial charge in [0.25, 0.3) is 0 Å². The van der Waals surface area contributed by atoms with Gasteiger partial charge in [0.1, 0.15) is 0 Å². The summed E-state index contributed by atoms with van der Waals surface area (Å²) in [6.45, 7) is 5.87. The maximum atomic E-state index is 5.96.